The molecule has 0 unspecified atom stereocenters. The molecule has 0 aliphatic heterocycles. The molecule has 2 rings (SSSR count). The van der Waals surface area contributed by atoms with Crippen LogP contribution in [0.2, 0.25) is 0 Å². The highest BCUT2D eigenvalue weighted by atomic mass is 16.5. The van der Waals surface area contributed by atoms with Crippen LogP contribution in [0.5, 0.6) is 0 Å². The molecule has 0 bridgehead atoms. The summed E-state index contributed by atoms with van der Waals surface area (Å²) >= 11 is 0. The fourth-order valence-electron chi connectivity index (χ4n) is 1.47. The third kappa shape index (κ3) is 2.11. The van der Waals surface area contributed by atoms with Crippen LogP contribution >= 0.6 is 0 Å². The van der Waals surface area contributed by atoms with Crippen LogP contribution in [0.4, 0.5) is 0 Å². The smallest absolute Gasteiger partial charge is 0.243 e. The van der Waals surface area contributed by atoms with Crippen molar-refractivity contribution in [3.8, 4) is 11.4 Å². The van der Waals surface area contributed by atoms with Crippen molar-refractivity contribution in [3.05, 3.63) is 18.3 Å². The molecule has 0 fully saturated rings. The van der Waals surface area contributed by atoms with E-state index in [4.69, 9.17) is 10.3 Å². The van der Waals surface area contributed by atoms with E-state index in [0.29, 0.717) is 11.7 Å². The van der Waals surface area contributed by atoms with Gasteiger partial charge in [0.15, 0.2) is 0 Å². The van der Waals surface area contributed by atoms with Gasteiger partial charge in [0.25, 0.3) is 0 Å². The third-order valence-corrected chi connectivity index (χ3v) is 2.32. The molecule has 2 N–H and O–H groups in total. The highest BCUT2D eigenvalue weighted by Gasteiger charge is 2.15. The van der Waals surface area contributed by atoms with E-state index < -0.39 is 0 Å². The van der Waals surface area contributed by atoms with Gasteiger partial charge in [0.2, 0.25) is 11.7 Å². The van der Waals surface area contributed by atoms with Gasteiger partial charge in [-0.2, -0.15) is 10.1 Å². The summed E-state index contributed by atoms with van der Waals surface area (Å²) in [4.78, 5) is 4.26. The fraction of sp³-hybridized carbons (Fsp3) is 0.500. The lowest BCUT2D eigenvalue weighted by Gasteiger charge is -2.01. The Hall–Kier alpha value is -1.69. The van der Waals surface area contributed by atoms with Gasteiger partial charge in [-0.05, 0) is 6.42 Å². The first-order valence-corrected chi connectivity index (χ1v) is 5.29. The van der Waals surface area contributed by atoms with Crippen LogP contribution in [0, 0.1) is 0 Å². The van der Waals surface area contributed by atoms with Gasteiger partial charge < -0.3 is 10.3 Å². The van der Waals surface area contributed by atoms with Crippen LogP contribution in [0.25, 0.3) is 11.4 Å². The summed E-state index contributed by atoms with van der Waals surface area (Å²) in [5.74, 6) is 1.02. The standard InChI is InChI=1S/C10H15N5O/c1-3-4-8(11)10-13-9(14-16-10)7-5-12-15(2)6-7/h5-6,8H,3-4,11H2,1-2H3/t8-/m0/s1. The lowest BCUT2D eigenvalue weighted by Crippen LogP contribution is -2.09. The average molecular weight is 221 g/mol. The van der Waals surface area contributed by atoms with Gasteiger partial charge in [0.05, 0.1) is 17.8 Å². The molecule has 0 spiro atoms. The highest BCUT2D eigenvalue weighted by molar-refractivity contribution is 5.51. The van der Waals surface area contributed by atoms with Crippen molar-refractivity contribution in [3.63, 3.8) is 0 Å². The molecule has 6 heteroatoms. The van der Waals surface area contributed by atoms with Crippen molar-refractivity contribution in [1.82, 2.24) is 19.9 Å². The van der Waals surface area contributed by atoms with E-state index in [1.807, 2.05) is 13.2 Å². The number of aryl methyl sites for hydroxylation is 1. The lowest BCUT2D eigenvalue weighted by atomic mass is 10.2. The first-order valence-electron chi connectivity index (χ1n) is 5.29. The van der Waals surface area contributed by atoms with Gasteiger partial charge in [0.1, 0.15) is 0 Å². The molecular weight excluding hydrogens is 206 g/mol. The van der Waals surface area contributed by atoms with Crippen molar-refractivity contribution >= 4 is 0 Å². The molecule has 16 heavy (non-hydrogen) atoms. The normalized spacial score (nSPS) is 12.9. The molecule has 0 aromatic carbocycles. The Morgan fingerprint density at radius 1 is 1.56 bits per heavy atom. The molecule has 0 amide bonds. The first kappa shape index (κ1) is 10.8. The van der Waals surface area contributed by atoms with Gasteiger partial charge in [0, 0.05) is 13.2 Å². The van der Waals surface area contributed by atoms with Gasteiger partial charge in [-0.3, -0.25) is 4.68 Å². The Kier molecular flexibility index (Phi) is 3.00. The number of rotatable bonds is 4. The van der Waals surface area contributed by atoms with Crippen molar-refractivity contribution < 1.29 is 4.52 Å². The van der Waals surface area contributed by atoms with Crippen molar-refractivity contribution in [2.45, 2.75) is 25.8 Å². The van der Waals surface area contributed by atoms with E-state index in [2.05, 4.69) is 22.2 Å². The molecule has 2 heterocycles. The highest BCUT2D eigenvalue weighted by Crippen LogP contribution is 2.18. The second kappa shape index (κ2) is 4.44. The van der Waals surface area contributed by atoms with Crippen LogP contribution in [-0.2, 0) is 7.05 Å². The molecule has 2 aromatic heterocycles. The summed E-state index contributed by atoms with van der Waals surface area (Å²) in [6.45, 7) is 2.07. The topological polar surface area (TPSA) is 82.8 Å². The summed E-state index contributed by atoms with van der Waals surface area (Å²) in [7, 11) is 1.84. The van der Waals surface area contributed by atoms with Crippen LogP contribution < -0.4 is 5.73 Å². The molecule has 0 saturated carbocycles. The van der Waals surface area contributed by atoms with Crippen LogP contribution in [-0.4, -0.2) is 19.9 Å². The minimum absolute atomic E-state index is 0.178. The minimum atomic E-state index is -0.178. The Labute approximate surface area is 93.4 Å². The summed E-state index contributed by atoms with van der Waals surface area (Å²) in [6.07, 6.45) is 5.36. The Bertz CT molecular complexity index is 461. The first-order chi connectivity index (χ1) is 7.70. The Morgan fingerprint density at radius 2 is 2.38 bits per heavy atom. The molecule has 2 aromatic rings. The maximum atomic E-state index is 5.89. The zero-order valence-electron chi connectivity index (χ0n) is 9.42. The molecule has 0 aliphatic rings. The second-order valence-electron chi connectivity index (χ2n) is 3.75. The molecule has 1 atom stereocenters. The molecule has 0 aliphatic carbocycles. The monoisotopic (exact) mass is 221 g/mol. The predicted molar refractivity (Wildman–Crippen MR) is 58.3 cm³/mol. The zero-order chi connectivity index (χ0) is 11.5. The second-order valence-corrected chi connectivity index (χ2v) is 3.75. The number of hydrogen-bond acceptors (Lipinski definition) is 5. The number of nitrogens with zero attached hydrogens (tertiary/aromatic N) is 4. The third-order valence-electron chi connectivity index (χ3n) is 2.32. The molecule has 6 nitrogen and oxygen atoms in total. The zero-order valence-corrected chi connectivity index (χ0v) is 9.42. The van der Waals surface area contributed by atoms with Crippen LogP contribution in [0.15, 0.2) is 16.9 Å². The van der Waals surface area contributed by atoms with E-state index in [-0.39, 0.29) is 6.04 Å². The van der Waals surface area contributed by atoms with E-state index in [1.54, 1.807) is 10.9 Å². The van der Waals surface area contributed by atoms with Crippen molar-refractivity contribution in [1.29, 1.82) is 0 Å². The summed E-state index contributed by atoms with van der Waals surface area (Å²) in [5, 5.41) is 7.93. The van der Waals surface area contributed by atoms with Gasteiger partial charge in [-0.1, -0.05) is 18.5 Å². The molecule has 0 saturated heterocycles. The number of aromatic nitrogens is 4. The summed E-state index contributed by atoms with van der Waals surface area (Å²) < 4.78 is 6.81. The van der Waals surface area contributed by atoms with E-state index in [1.165, 1.54) is 0 Å². The predicted octanol–water partition coefficient (Wildman–Crippen LogP) is 1.27. The lowest BCUT2D eigenvalue weighted by molar-refractivity contribution is 0.348. The summed E-state index contributed by atoms with van der Waals surface area (Å²) in [5.41, 5.74) is 6.72. The van der Waals surface area contributed by atoms with Crippen LogP contribution in [0.1, 0.15) is 31.7 Å². The van der Waals surface area contributed by atoms with Gasteiger partial charge in [-0.15, -0.1) is 0 Å². The fourth-order valence-corrected chi connectivity index (χ4v) is 1.47. The molecular formula is C10H15N5O. The van der Waals surface area contributed by atoms with Crippen molar-refractivity contribution in [2.24, 2.45) is 12.8 Å². The van der Waals surface area contributed by atoms with Crippen molar-refractivity contribution in [2.75, 3.05) is 0 Å². The number of nitrogens with two attached hydrogens (primary N) is 1. The Balaban J connectivity index is 2.19. The molecule has 0 radical (unpaired) electrons. The van der Waals surface area contributed by atoms with E-state index in [9.17, 15) is 0 Å². The van der Waals surface area contributed by atoms with Gasteiger partial charge in [-0.25, -0.2) is 0 Å². The van der Waals surface area contributed by atoms with Gasteiger partial charge >= 0.3 is 0 Å². The number of hydrogen-bond donors (Lipinski definition) is 1. The Morgan fingerprint density at radius 3 is 3.00 bits per heavy atom. The van der Waals surface area contributed by atoms with E-state index in [0.717, 1.165) is 18.4 Å². The van der Waals surface area contributed by atoms with Crippen LogP contribution in [0.3, 0.4) is 0 Å². The summed E-state index contributed by atoms with van der Waals surface area (Å²) in [6, 6.07) is -0.178. The maximum Gasteiger partial charge on any atom is 0.243 e. The van der Waals surface area contributed by atoms with E-state index >= 15 is 0 Å². The SMILES string of the molecule is CCC[C@H](N)c1nc(-c2cnn(C)c2)no1. The minimum Gasteiger partial charge on any atom is -0.337 e. The quantitative estimate of drug-likeness (QED) is 0.840. The largest absolute Gasteiger partial charge is 0.337 e. The average Bonchev–Trinajstić information content (AvgIpc) is 2.85. The maximum absolute atomic E-state index is 5.89. The molecule has 86 valence electrons.